The van der Waals surface area contributed by atoms with E-state index in [0.717, 1.165) is 12.8 Å². The van der Waals surface area contributed by atoms with Crippen molar-refractivity contribution in [1.82, 2.24) is 5.32 Å². The zero-order valence-corrected chi connectivity index (χ0v) is 11.4. The Morgan fingerprint density at radius 1 is 1.35 bits per heavy atom. The number of hydrogen-bond donors (Lipinski definition) is 2. The molecular formula is C11H21NO4S. The lowest BCUT2D eigenvalue weighted by atomic mass is 10.2. The van der Waals surface area contributed by atoms with E-state index in [2.05, 4.69) is 5.32 Å². The van der Waals surface area contributed by atoms with Crippen molar-refractivity contribution >= 4 is 22.7 Å². The Morgan fingerprint density at radius 3 is 2.35 bits per heavy atom. The minimum Gasteiger partial charge on any atom is -0.480 e. The fourth-order valence-electron chi connectivity index (χ4n) is 1.52. The summed E-state index contributed by atoms with van der Waals surface area (Å²) in [5, 5.41) is 10.5. The second kappa shape index (κ2) is 8.22. The van der Waals surface area contributed by atoms with Gasteiger partial charge in [0.2, 0.25) is 5.91 Å². The third-order valence-corrected chi connectivity index (χ3v) is 4.08. The molecule has 0 aliphatic rings. The van der Waals surface area contributed by atoms with Crippen LogP contribution in [0.4, 0.5) is 0 Å². The number of carbonyl (C=O) groups excluding carboxylic acids is 1. The van der Waals surface area contributed by atoms with Crippen molar-refractivity contribution in [3.63, 3.8) is 0 Å². The van der Waals surface area contributed by atoms with Crippen LogP contribution in [0.25, 0.3) is 0 Å². The van der Waals surface area contributed by atoms with Gasteiger partial charge < -0.3 is 10.4 Å². The summed E-state index contributed by atoms with van der Waals surface area (Å²) in [6.07, 6.45) is 2.07. The Morgan fingerprint density at radius 2 is 1.94 bits per heavy atom. The van der Waals surface area contributed by atoms with Crippen LogP contribution in [-0.4, -0.2) is 38.2 Å². The molecule has 0 aliphatic carbocycles. The molecule has 100 valence electrons. The molecule has 0 radical (unpaired) electrons. The first kappa shape index (κ1) is 16.1. The lowest BCUT2D eigenvalue weighted by Crippen LogP contribution is -2.38. The highest BCUT2D eigenvalue weighted by molar-refractivity contribution is 7.87. The highest BCUT2D eigenvalue weighted by Gasteiger charge is 2.24. The minimum atomic E-state index is -1.65. The molecule has 0 aromatic heterocycles. The quantitative estimate of drug-likeness (QED) is 0.681. The van der Waals surface area contributed by atoms with Crippen LogP contribution in [0.15, 0.2) is 0 Å². The van der Waals surface area contributed by atoms with Crippen molar-refractivity contribution < 1.29 is 18.9 Å². The van der Waals surface area contributed by atoms with Crippen molar-refractivity contribution in [3.8, 4) is 0 Å². The molecule has 3 atom stereocenters. The van der Waals surface area contributed by atoms with E-state index < -0.39 is 22.0 Å². The second-order valence-corrected chi connectivity index (χ2v) is 5.64. The maximum atomic E-state index is 11.6. The maximum Gasteiger partial charge on any atom is 0.319 e. The van der Waals surface area contributed by atoms with Crippen LogP contribution < -0.4 is 5.32 Å². The molecule has 0 rings (SSSR count). The van der Waals surface area contributed by atoms with E-state index in [1.807, 2.05) is 13.8 Å². The van der Waals surface area contributed by atoms with Crippen molar-refractivity contribution in [1.29, 1.82) is 0 Å². The van der Waals surface area contributed by atoms with Gasteiger partial charge in [-0.25, -0.2) is 0 Å². The monoisotopic (exact) mass is 263 g/mol. The zero-order chi connectivity index (χ0) is 13.4. The van der Waals surface area contributed by atoms with E-state index in [1.165, 1.54) is 0 Å². The van der Waals surface area contributed by atoms with Crippen LogP contribution in [0.5, 0.6) is 0 Å². The summed E-state index contributed by atoms with van der Waals surface area (Å²) >= 11 is 0. The lowest BCUT2D eigenvalue weighted by Gasteiger charge is -2.14. The topological polar surface area (TPSA) is 83.5 Å². The van der Waals surface area contributed by atoms with Gasteiger partial charge in [-0.3, -0.25) is 13.8 Å². The number of rotatable bonds is 8. The average Bonchev–Trinajstić information content (AvgIpc) is 2.17. The van der Waals surface area contributed by atoms with Crippen LogP contribution in [0.2, 0.25) is 0 Å². The molecule has 0 aromatic carbocycles. The molecule has 0 spiro atoms. The van der Waals surface area contributed by atoms with Crippen molar-refractivity contribution in [2.45, 2.75) is 51.3 Å². The zero-order valence-electron chi connectivity index (χ0n) is 10.6. The highest BCUT2D eigenvalue weighted by Crippen LogP contribution is 2.03. The molecule has 0 aliphatic heterocycles. The molecule has 0 saturated heterocycles. The first-order valence-electron chi connectivity index (χ1n) is 5.81. The number of carbonyl (C=O) groups is 2. The third kappa shape index (κ3) is 6.41. The predicted molar refractivity (Wildman–Crippen MR) is 67.2 cm³/mol. The summed E-state index contributed by atoms with van der Waals surface area (Å²) in [6.45, 7) is 5.53. The van der Waals surface area contributed by atoms with Crippen LogP contribution in [0.1, 0.15) is 40.0 Å². The minimum absolute atomic E-state index is 0.0365. The van der Waals surface area contributed by atoms with E-state index in [4.69, 9.17) is 5.11 Å². The molecule has 0 bridgehead atoms. The van der Waals surface area contributed by atoms with Gasteiger partial charge in [-0.05, 0) is 19.8 Å². The Balaban J connectivity index is 4.19. The van der Waals surface area contributed by atoms with E-state index in [9.17, 15) is 13.8 Å². The molecular weight excluding hydrogens is 242 g/mol. The fraction of sp³-hybridized carbons (Fsp3) is 0.818. The van der Waals surface area contributed by atoms with E-state index in [0.29, 0.717) is 0 Å². The molecule has 5 nitrogen and oxygen atoms in total. The normalized spacial score (nSPS) is 15.9. The van der Waals surface area contributed by atoms with Crippen molar-refractivity contribution in [3.05, 3.63) is 0 Å². The standard InChI is InChI=1S/C11H21NO4S/c1-4-6-8(3)12-10(13)7-17(16)9(5-2)11(14)15/h8-9H,4-7H2,1-3H3,(H,12,13)(H,14,15). The number of carboxylic acid groups (broad SMARTS) is 1. The van der Waals surface area contributed by atoms with Crippen molar-refractivity contribution in [2.24, 2.45) is 0 Å². The second-order valence-electron chi connectivity index (χ2n) is 4.02. The van der Waals surface area contributed by atoms with Gasteiger partial charge in [0.15, 0.2) is 0 Å². The molecule has 3 unspecified atom stereocenters. The van der Waals surface area contributed by atoms with Crippen LogP contribution in [0.3, 0.4) is 0 Å². The molecule has 0 heterocycles. The molecule has 1 amide bonds. The number of amides is 1. The molecule has 6 heteroatoms. The molecule has 0 aromatic rings. The lowest BCUT2D eigenvalue weighted by molar-refractivity contribution is -0.136. The predicted octanol–water partition coefficient (Wildman–Crippen LogP) is 0.903. The van der Waals surface area contributed by atoms with Gasteiger partial charge in [-0.15, -0.1) is 0 Å². The number of carboxylic acids is 1. The molecule has 0 fully saturated rings. The number of aliphatic carboxylic acids is 1. The van der Waals surface area contributed by atoms with Crippen LogP contribution >= 0.6 is 0 Å². The smallest absolute Gasteiger partial charge is 0.319 e. The van der Waals surface area contributed by atoms with Gasteiger partial charge in [0.1, 0.15) is 11.0 Å². The maximum absolute atomic E-state index is 11.6. The molecule has 2 N–H and O–H groups in total. The van der Waals surface area contributed by atoms with Crippen molar-refractivity contribution in [2.75, 3.05) is 5.75 Å². The highest BCUT2D eigenvalue weighted by atomic mass is 32.2. The molecule has 17 heavy (non-hydrogen) atoms. The number of hydrogen-bond acceptors (Lipinski definition) is 3. The van der Waals surface area contributed by atoms with Gasteiger partial charge in [-0.2, -0.15) is 0 Å². The average molecular weight is 263 g/mol. The summed E-state index contributed by atoms with van der Waals surface area (Å²) in [6, 6.07) is 0.0365. The van der Waals surface area contributed by atoms with Gasteiger partial charge in [0.25, 0.3) is 0 Å². The summed E-state index contributed by atoms with van der Waals surface area (Å²) in [7, 11) is -1.65. The van der Waals surface area contributed by atoms with E-state index in [1.54, 1.807) is 6.92 Å². The largest absolute Gasteiger partial charge is 0.480 e. The SMILES string of the molecule is CCCC(C)NC(=O)CS(=O)C(CC)C(=O)O. The molecule has 0 saturated carbocycles. The first-order chi connectivity index (χ1) is 7.92. The van der Waals surface area contributed by atoms with Crippen LogP contribution in [-0.2, 0) is 20.4 Å². The Bertz CT molecular complexity index is 293. The summed E-state index contributed by atoms with van der Waals surface area (Å²) in [5.74, 6) is -1.69. The first-order valence-corrected chi connectivity index (χ1v) is 7.19. The third-order valence-electron chi connectivity index (χ3n) is 2.37. The Kier molecular flexibility index (Phi) is 7.78. The van der Waals surface area contributed by atoms with Crippen LogP contribution in [0, 0.1) is 0 Å². The van der Waals surface area contributed by atoms with Gasteiger partial charge in [0, 0.05) is 16.8 Å². The van der Waals surface area contributed by atoms with Gasteiger partial charge in [0.05, 0.1) is 0 Å². The Hall–Kier alpha value is -0.910. The fourth-order valence-corrected chi connectivity index (χ4v) is 2.66. The Labute approximate surface area is 104 Å². The van der Waals surface area contributed by atoms with E-state index >= 15 is 0 Å². The van der Waals surface area contributed by atoms with Gasteiger partial charge >= 0.3 is 5.97 Å². The van der Waals surface area contributed by atoms with E-state index in [-0.39, 0.29) is 24.1 Å². The summed E-state index contributed by atoms with van der Waals surface area (Å²) in [5.41, 5.74) is 0. The summed E-state index contributed by atoms with van der Waals surface area (Å²) < 4.78 is 11.6. The summed E-state index contributed by atoms with van der Waals surface area (Å²) in [4.78, 5) is 22.2. The van der Waals surface area contributed by atoms with Gasteiger partial charge in [-0.1, -0.05) is 20.3 Å². The number of nitrogens with one attached hydrogen (secondary N) is 1.